The molecule has 1 amide bonds. The summed E-state index contributed by atoms with van der Waals surface area (Å²) in [4.78, 5) is 28.7. The minimum atomic E-state index is -3.58. The molecule has 2 aromatic rings. The molecule has 4 aliphatic heterocycles. The van der Waals surface area contributed by atoms with Gasteiger partial charge in [0.2, 0.25) is 0 Å². The number of piperidine rings is 1. The third-order valence-corrected chi connectivity index (χ3v) is 12.5. The van der Waals surface area contributed by atoms with Crippen LogP contribution in [0.15, 0.2) is 30.7 Å². The lowest BCUT2D eigenvalue weighted by Crippen LogP contribution is -2.61. The second kappa shape index (κ2) is 16.0. The van der Waals surface area contributed by atoms with Crippen LogP contribution in [-0.4, -0.2) is 128 Å². The van der Waals surface area contributed by atoms with Crippen LogP contribution in [0.4, 0.5) is 10.2 Å². The molecule has 0 unspecified atom stereocenters. The maximum atomic E-state index is 14.4. The second-order valence-corrected chi connectivity index (χ2v) is 16.9. The van der Waals surface area contributed by atoms with Gasteiger partial charge in [-0.15, -0.1) is 0 Å². The standard InChI is InChI=1S/C36H54FN7O6S/c1-25(2)44(26(3)4)35(45)31-17-27(37)8-11-32(31)50-33-18-38-24-39-34(33)42-22-36(23-42)12-15-41(16-13-36)19-30-10-9-28(20-49-30)40-51(46,47)43-14-6-7-29(43)21-48-5/h8,11,17-18,24-26,28-30,40H,6-7,9-10,12-16,19-23H2,1-5H3/t28-,29-,30+/m1/s1. The SMILES string of the molecule is COC[C@H]1CCCN1S(=O)(=O)N[C@@H]1CC[C@@H](CN2CCC3(CC2)CN(c2ncncc2Oc2ccc(F)cc2C(=O)N(C(C)C)C(C)C)C3)OC1. The zero-order valence-electron chi connectivity index (χ0n) is 30.6. The van der Waals surface area contributed by atoms with Crippen molar-refractivity contribution in [1.29, 1.82) is 0 Å². The Morgan fingerprint density at radius 2 is 1.84 bits per heavy atom. The van der Waals surface area contributed by atoms with E-state index in [1.807, 2.05) is 27.7 Å². The van der Waals surface area contributed by atoms with E-state index < -0.39 is 16.0 Å². The molecule has 1 spiro atoms. The zero-order chi connectivity index (χ0) is 36.3. The molecule has 5 heterocycles. The molecule has 0 radical (unpaired) electrons. The molecule has 13 nitrogen and oxygen atoms in total. The molecule has 0 saturated carbocycles. The Labute approximate surface area is 302 Å². The Balaban J connectivity index is 0.991. The first-order chi connectivity index (χ1) is 24.4. The van der Waals surface area contributed by atoms with Crippen molar-refractivity contribution in [3.8, 4) is 11.5 Å². The van der Waals surface area contributed by atoms with Crippen LogP contribution in [0.1, 0.15) is 76.6 Å². The summed E-state index contributed by atoms with van der Waals surface area (Å²) in [5.74, 6) is 0.555. The number of hydrogen-bond acceptors (Lipinski definition) is 10. The fourth-order valence-electron chi connectivity index (χ4n) is 8.23. The average Bonchev–Trinajstić information content (AvgIpc) is 3.55. The summed E-state index contributed by atoms with van der Waals surface area (Å²) in [6.45, 7) is 13.5. The number of aromatic nitrogens is 2. The molecule has 1 aromatic carbocycles. The zero-order valence-corrected chi connectivity index (χ0v) is 31.4. The van der Waals surface area contributed by atoms with Crippen molar-refractivity contribution in [3.63, 3.8) is 0 Å². The van der Waals surface area contributed by atoms with Gasteiger partial charge in [-0.1, -0.05) is 0 Å². The highest BCUT2D eigenvalue weighted by molar-refractivity contribution is 7.87. The predicted octanol–water partition coefficient (Wildman–Crippen LogP) is 4.06. The Morgan fingerprint density at radius 3 is 2.51 bits per heavy atom. The van der Waals surface area contributed by atoms with E-state index in [1.54, 1.807) is 22.5 Å². The minimum Gasteiger partial charge on any atom is -0.451 e. The molecule has 51 heavy (non-hydrogen) atoms. The van der Waals surface area contributed by atoms with Crippen molar-refractivity contribution >= 4 is 21.9 Å². The van der Waals surface area contributed by atoms with Gasteiger partial charge >= 0.3 is 0 Å². The van der Waals surface area contributed by atoms with Gasteiger partial charge in [-0.2, -0.15) is 17.4 Å². The maximum absolute atomic E-state index is 14.4. The van der Waals surface area contributed by atoms with Crippen LogP contribution in [0.2, 0.25) is 0 Å². The smallest absolute Gasteiger partial charge is 0.280 e. The van der Waals surface area contributed by atoms with E-state index >= 15 is 0 Å². The molecular weight excluding hydrogens is 678 g/mol. The molecule has 3 atom stereocenters. The fraction of sp³-hybridized carbons (Fsp3) is 0.694. The normalized spacial score (nSPS) is 24.3. The van der Waals surface area contributed by atoms with Crippen molar-refractivity contribution < 1.29 is 31.8 Å². The van der Waals surface area contributed by atoms with Crippen LogP contribution in [0.25, 0.3) is 0 Å². The third kappa shape index (κ3) is 8.65. The van der Waals surface area contributed by atoms with E-state index in [1.165, 1.54) is 24.5 Å². The quantitative estimate of drug-likeness (QED) is 0.322. The Bertz CT molecular complexity index is 1600. The number of hydrogen-bond donors (Lipinski definition) is 1. The van der Waals surface area contributed by atoms with E-state index in [9.17, 15) is 17.6 Å². The van der Waals surface area contributed by atoms with Crippen molar-refractivity contribution in [2.75, 3.05) is 64.5 Å². The summed E-state index contributed by atoms with van der Waals surface area (Å²) in [6, 6.07) is 3.55. The van der Waals surface area contributed by atoms with E-state index in [2.05, 4.69) is 24.5 Å². The Morgan fingerprint density at radius 1 is 1.10 bits per heavy atom. The first kappa shape index (κ1) is 37.8. The highest BCUT2D eigenvalue weighted by Crippen LogP contribution is 2.45. The van der Waals surface area contributed by atoms with E-state index in [4.69, 9.17) is 14.2 Å². The largest absolute Gasteiger partial charge is 0.451 e. The van der Waals surface area contributed by atoms with Crippen molar-refractivity contribution in [2.45, 2.75) is 96.5 Å². The molecule has 4 fully saturated rings. The monoisotopic (exact) mass is 731 g/mol. The van der Waals surface area contributed by atoms with Crippen LogP contribution in [-0.2, 0) is 19.7 Å². The fourth-order valence-corrected chi connectivity index (χ4v) is 9.91. The highest BCUT2D eigenvalue weighted by atomic mass is 32.2. The van der Waals surface area contributed by atoms with Crippen LogP contribution in [0.5, 0.6) is 11.5 Å². The number of carbonyl (C=O) groups excluding carboxylic acids is 1. The van der Waals surface area contributed by atoms with Crippen molar-refractivity contribution in [1.82, 2.24) is 28.8 Å². The number of nitrogens with one attached hydrogen (secondary N) is 1. The first-order valence-electron chi connectivity index (χ1n) is 18.3. The number of likely N-dealkylation sites (tertiary alicyclic amines) is 1. The number of ether oxygens (including phenoxy) is 3. The summed E-state index contributed by atoms with van der Waals surface area (Å²) >= 11 is 0. The van der Waals surface area contributed by atoms with Gasteiger partial charge in [-0.3, -0.25) is 4.79 Å². The lowest BCUT2D eigenvalue weighted by molar-refractivity contribution is -0.0301. The molecular formula is C36H54FN7O6S. The summed E-state index contributed by atoms with van der Waals surface area (Å²) in [7, 11) is -1.98. The second-order valence-electron chi connectivity index (χ2n) is 15.2. The summed E-state index contributed by atoms with van der Waals surface area (Å²) in [5, 5.41) is 0. The summed E-state index contributed by atoms with van der Waals surface area (Å²) in [5.41, 5.74) is 0.342. The van der Waals surface area contributed by atoms with Crippen LogP contribution in [0.3, 0.4) is 0 Å². The molecule has 1 aromatic heterocycles. The van der Waals surface area contributed by atoms with E-state index in [0.29, 0.717) is 31.3 Å². The molecule has 0 aliphatic carbocycles. The molecule has 0 bridgehead atoms. The van der Waals surface area contributed by atoms with Gasteiger partial charge in [0.15, 0.2) is 11.6 Å². The van der Waals surface area contributed by atoms with Crippen LogP contribution in [0, 0.1) is 11.2 Å². The highest BCUT2D eigenvalue weighted by Gasteiger charge is 2.46. The van der Waals surface area contributed by atoms with E-state index in [0.717, 1.165) is 71.2 Å². The van der Waals surface area contributed by atoms with Crippen LogP contribution < -0.4 is 14.4 Å². The minimum absolute atomic E-state index is 0.0707. The number of anilines is 1. The molecule has 6 rings (SSSR count). The number of rotatable bonds is 13. The molecule has 4 saturated heterocycles. The number of amides is 1. The summed E-state index contributed by atoms with van der Waals surface area (Å²) < 4.78 is 62.6. The predicted molar refractivity (Wildman–Crippen MR) is 192 cm³/mol. The third-order valence-electron chi connectivity index (χ3n) is 10.8. The van der Waals surface area contributed by atoms with Gasteiger partial charge in [-0.25, -0.2) is 14.4 Å². The van der Waals surface area contributed by atoms with Crippen LogP contribution >= 0.6 is 0 Å². The molecule has 15 heteroatoms. The number of carbonyl (C=O) groups is 1. The first-order valence-corrected chi connectivity index (χ1v) is 19.8. The molecule has 4 aliphatic rings. The van der Waals surface area contributed by atoms with Gasteiger partial charge in [0.1, 0.15) is 17.9 Å². The van der Waals surface area contributed by atoms with Gasteiger partial charge in [-0.05, 0) is 97.5 Å². The van der Waals surface area contributed by atoms with Gasteiger partial charge in [0.25, 0.3) is 16.1 Å². The van der Waals surface area contributed by atoms with E-state index in [-0.39, 0.29) is 52.9 Å². The van der Waals surface area contributed by atoms with Gasteiger partial charge < -0.3 is 28.9 Å². The Hall–Kier alpha value is -2.95. The van der Waals surface area contributed by atoms with Gasteiger partial charge in [0.05, 0.1) is 31.1 Å². The topological polar surface area (TPSA) is 130 Å². The average molecular weight is 732 g/mol. The van der Waals surface area contributed by atoms with Crippen molar-refractivity contribution in [3.05, 3.63) is 42.1 Å². The molecule has 1 N–H and O–H groups in total. The lowest BCUT2D eigenvalue weighted by atomic mass is 9.72. The number of halogens is 1. The van der Waals surface area contributed by atoms with Gasteiger partial charge in [0, 0.05) is 62.9 Å². The lowest BCUT2D eigenvalue weighted by Gasteiger charge is -2.54. The number of methoxy groups -OCH3 is 1. The molecule has 282 valence electrons. The number of nitrogens with zero attached hydrogens (tertiary/aromatic N) is 6. The maximum Gasteiger partial charge on any atom is 0.280 e. The van der Waals surface area contributed by atoms with Crippen molar-refractivity contribution in [2.24, 2.45) is 5.41 Å². The summed E-state index contributed by atoms with van der Waals surface area (Å²) in [6.07, 6.45) is 8.52. The number of benzene rings is 1. The Kier molecular flexibility index (Phi) is 11.8.